The number of carbonyl (C=O) groups excluding carboxylic acids is 2. The first-order valence-electron chi connectivity index (χ1n) is 10.2. The first-order chi connectivity index (χ1) is 12.1. The molecule has 0 radical (unpaired) electrons. The molecule has 4 rings (SSSR count). The molecule has 4 aliphatic carbocycles. The van der Waals surface area contributed by atoms with Crippen molar-refractivity contribution in [1.82, 2.24) is 0 Å². The average molecular weight is 360 g/mol. The fraction of sp³-hybridized carbons (Fsp3) is 0.818. The molecule has 0 aromatic rings. The standard InChI is InChI=1S/C22H32O4/c1-19-8-5-15-16(20(19,2)9-4-14(24)12-19)6-10-21(3)17(15)7-11-22(21,26)18(25)13-23/h6,15,17,23,26H,4-5,7-13H2,1-3H3/t15?,17?,19?,20-,21+,22+/m1/s1. The summed E-state index contributed by atoms with van der Waals surface area (Å²) in [5.74, 6) is 0.644. The predicted molar refractivity (Wildman–Crippen MR) is 98.4 cm³/mol. The second-order valence-corrected chi connectivity index (χ2v) is 10.1. The van der Waals surface area contributed by atoms with Gasteiger partial charge in [-0.3, -0.25) is 9.59 Å². The van der Waals surface area contributed by atoms with Crippen LogP contribution in [0.5, 0.6) is 0 Å². The van der Waals surface area contributed by atoms with E-state index in [0.29, 0.717) is 37.4 Å². The molecule has 26 heavy (non-hydrogen) atoms. The van der Waals surface area contributed by atoms with Crippen LogP contribution >= 0.6 is 0 Å². The Balaban J connectivity index is 1.75. The van der Waals surface area contributed by atoms with Crippen LogP contribution in [0.4, 0.5) is 0 Å². The molecule has 4 heteroatoms. The number of Topliss-reactive ketones (excluding diaryl/α,β-unsaturated/α-hetero) is 2. The van der Waals surface area contributed by atoms with Crippen LogP contribution in [0.1, 0.15) is 72.1 Å². The molecular weight excluding hydrogens is 328 g/mol. The van der Waals surface area contributed by atoms with Gasteiger partial charge in [-0.15, -0.1) is 0 Å². The lowest BCUT2D eigenvalue weighted by Gasteiger charge is -2.61. The fourth-order valence-electron chi connectivity index (χ4n) is 7.25. The smallest absolute Gasteiger partial charge is 0.190 e. The highest BCUT2D eigenvalue weighted by molar-refractivity contribution is 5.89. The van der Waals surface area contributed by atoms with E-state index in [9.17, 15) is 19.8 Å². The number of carbonyl (C=O) groups is 2. The van der Waals surface area contributed by atoms with Gasteiger partial charge in [-0.25, -0.2) is 0 Å². The van der Waals surface area contributed by atoms with Crippen molar-refractivity contribution in [3.8, 4) is 0 Å². The van der Waals surface area contributed by atoms with E-state index in [-0.39, 0.29) is 16.7 Å². The van der Waals surface area contributed by atoms with E-state index in [4.69, 9.17) is 0 Å². The maximum atomic E-state index is 12.4. The number of aliphatic hydroxyl groups excluding tert-OH is 1. The molecule has 4 aliphatic rings. The number of hydrogen-bond donors (Lipinski definition) is 2. The topological polar surface area (TPSA) is 74.6 Å². The van der Waals surface area contributed by atoms with E-state index in [1.807, 2.05) is 6.92 Å². The van der Waals surface area contributed by atoms with Crippen LogP contribution in [0.25, 0.3) is 0 Å². The van der Waals surface area contributed by atoms with Crippen LogP contribution in [0, 0.1) is 28.1 Å². The normalized spacial score (nSPS) is 50.5. The minimum Gasteiger partial charge on any atom is -0.388 e. The van der Waals surface area contributed by atoms with Gasteiger partial charge in [-0.2, -0.15) is 0 Å². The van der Waals surface area contributed by atoms with Crippen LogP contribution in [0.2, 0.25) is 0 Å². The summed E-state index contributed by atoms with van der Waals surface area (Å²) in [4.78, 5) is 24.5. The third kappa shape index (κ3) is 2.03. The van der Waals surface area contributed by atoms with E-state index in [0.717, 1.165) is 25.7 Å². The Kier molecular flexibility index (Phi) is 3.89. The summed E-state index contributed by atoms with van der Waals surface area (Å²) in [6, 6.07) is 0. The Hall–Kier alpha value is -1.00. The van der Waals surface area contributed by atoms with Gasteiger partial charge >= 0.3 is 0 Å². The van der Waals surface area contributed by atoms with Crippen LogP contribution < -0.4 is 0 Å². The summed E-state index contributed by atoms with van der Waals surface area (Å²) in [7, 11) is 0. The number of rotatable bonds is 2. The second-order valence-electron chi connectivity index (χ2n) is 10.1. The Labute approximate surface area is 156 Å². The lowest BCUT2D eigenvalue weighted by molar-refractivity contribution is -0.157. The van der Waals surface area contributed by atoms with Gasteiger partial charge in [0.05, 0.1) is 0 Å². The molecule has 3 fully saturated rings. The van der Waals surface area contributed by atoms with Crippen molar-refractivity contribution in [3.63, 3.8) is 0 Å². The molecule has 0 saturated heterocycles. The summed E-state index contributed by atoms with van der Waals surface area (Å²) >= 11 is 0. The summed E-state index contributed by atoms with van der Waals surface area (Å²) in [6.07, 6.45) is 8.64. The maximum absolute atomic E-state index is 12.4. The quantitative estimate of drug-likeness (QED) is 0.742. The number of aliphatic hydroxyl groups is 2. The van der Waals surface area contributed by atoms with Crippen LogP contribution in [-0.2, 0) is 9.59 Å². The molecular formula is C22H32O4. The van der Waals surface area contributed by atoms with Crippen molar-refractivity contribution < 1.29 is 19.8 Å². The second kappa shape index (κ2) is 5.51. The third-order valence-electron chi connectivity index (χ3n) is 9.28. The molecule has 3 unspecified atom stereocenters. The molecule has 3 saturated carbocycles. The number of hydrogen-bond acceptors (Lipinski definition) is 4. The van der Waals surface area contributed by atoms with Crippen molar-refractivity contribution in [1.29, 1.82) is 0 Å². The zero-order valence-corrected chi connectivity index (χ0v) is 16.3. The van der Waals surface area contributed by atoms with Gasteiger partial charge in [0.1, 0.15) is 18.0 Å². The van der Waals surface area contributed by atoms with Gasteiger partial charge in [0.25, 0.3) is 0 Å². The SMILES string of the molecule is CC12CCC3C(=CC[C@@]4(C)C3CC[C@]4(O)C(=O)CO)[C@@]1(C)CCC(=O)C2. The highest BCUT2D eigenvalue weighted by Gasteiger charge is 2.66. The van der Waals surface area contributed by atoms with Crippen molar-refractivity contribution in [2.24, 2.45) is 28.1 Å². The number of fused-ring (bicyclic) bond motifs is 5. The highest BCUT2D eigenvalue weighted by atomic mass is 16.3. The van der Waals surface area contributed by atoms with Crippen LogP contribution in [-0.4, -0.2) is 34.0 Å². The van der Waals surface area contributed by atoms with Crippen molar-refractivity contribution in [2.75, 3.05) is 6.61 Å². The molecule has 0 bridgehead atoms. The van der Waals surface area contributed by atoms with Gasteiger partial charge in [-0.1, -0.05) is 32.4 Å². The summed E-state index contributed by atoms with van der Waals surface area (Å²) in [5, 5.41) is 20.6. The van der Waals surface area contributed by atoms with Crippen LogP contribution in [0.3, 0.4) is 0 Å². The summed E-state index contributed by atoms with van der Waals surface area (Å²) in [6.45, 7) is 6.10. The van der Waals surface area contributed by atoms with E-state index >= 15 is 0 Å². The molecule has 0 aliphatic heterocycles. The Morgan fingerprint density at radius 2 is 1.92 bits per heavy atom. The number of ketones is 2. The van der Waals surface area contributed by atoms with Crippen LogP contribution in [0.15, 0.2) is 11.6 Å². The van der Waals surface area contributed by atoms with Crippen molar-refractivity contribution in [3.05, 3.63) is 11.6 Å². The summed E-state index contributed by atoms with van der Waals surface area (Å²) in [5.41, 5.74) is -0.322. The first kappa shape index (κ1) is 18.4. The molecule has 0 spiro atoms. The van der Waals surface area contributed by atoms with Crippen molar-refractivity contribution in [2.45, 2.75) is 77.7 Å². The zero-order chi connectivity index (χ0) is 19.0. The fourth-order valence-corrected chi connectivity index (χ4v) is 7.25. The molecule has 0 heterocycles. The Morgan fingerprint density at radius 3 is 2.62 bits per heavy atom. The van der Waals surface area contributed by atoms with Gasteiger partial charge in [0, 0.05) is 18.3 Å². The van der Waals surface area contributed by atoms with E-state index < -0.39 is 23.4 Å². The molecule has 0 amide bonds. The highest BCUT2D eigenvalue weighted by Crippen LogP contribution is 2.69. The predicted octanol–water partition coefficient (Wildman–Crippen LogP) is 3.20. The largest absolute Gasteiger partial charge is 0.388 e. The maximum Gasteiger partial charge on any atom is 0.190 e. The minimum atomic E-state index is -1.40. The molecule has 6 atom stereocenters. The van der Waals surface area contributed by atoms with Gasteiger partial charge < -0.3 is 10.2 Å². The Morgan fingerprint density at radius 1 is 1.19 bits per heavy atom. The molecule has 144 valence electrons. The summed E-state index contributed by atoms with van der Waals surface area (Å²) < 4.78 is 0. The molecule has 4 nitrogen and oxygen atoms in total. The van der Waals surface area contributed by atoms with Crippen molar-refractivity contribution >= 4 is 11.6 Å². The van der Waals surface area contributed by atoms with E-state index in [2.05, 4.69) is 19.9 Å². The third-order valence-corrected chi connectivity index (χ3v) is 9.28. The van der Waals surface area contributed by atoms with E-state index in [1.54, 1.807) is 0 Å². The molecule has 0 aromatic heterocycles. The lowest BCUT2D eigenvalue weighted by Crippen LogP contribution is -2.57. The molecule has 2 N–H and O–H groups in total. The minimum absolute atomic E-state index is 0.0359. The first-order valence-corrected chi connectivity index (χ1v) is 10.2. The zero-order valence-electron chi connectivity index (χ0n) is 16.3. The molecule has 0 aromatic carbocycles. The van der Waals surface area contributed by atoms with Gasteiger partial charge in [0.2, 0.25) is 0 Å². The Bertz CT molecular complexity index is 696. The monoisotopic (exact) mass is 360 g/mol. The van der Waals surface area contributed by atoms with Gasteiger partial charge in [0.15, 0.2) is 5.78 Å². The lowest BCUT2D eigenvalue weighted by atomic mass is 9.43. The van der Waals surface area contributed by atoms with E-state index in [1.165, 1.54) is 5.57 Å². The average Bonchev–Trinajstić information content (AvgIpc) is 2.88. The van der Waals surface area contributed by atoms with Gasteiger partial charge in [-0.05, 0) is 61.2 Å². The number of allylic oxidation sites excluding steroid dienone is 2.